The number of nitrogens with one attached hydrogen (secondary N) is 1. The molecule has 0 aliphatic heterocycles. The summed E-state index contributed by atoms with van der Waals surface area (Å²) >= 11 is 0. The smallest absolute Gasteiger partial charge is 0.242 e. The molecule has 0 aromatic heterocycles. The number of nitrogens with two attached hydrogens (primary N) is 1. The average Bonchev–Trinajstić information content (AvgIpc) is 2.17. The van der Waals surface area contributed by atoms with Crippen molar-refractivity contribution in [2.24, 2.45) is 0 Å². The van der Waals surface area contributed by atoms with Crippen LogP contribution >= 0.6 is 0 Å². The fraction of sp³-hybridized carbons (Fsp3) is 0.400. The van der Waals surface area contributed by atoms with Crippen molar-refractivity contribution in [2.45, 2.75) is 24.7 Å². The van der Waals surface area contributed by atoms with Gasteiger partial charge in [0.15, 0.2) is 0 Å². The van der Waals surface area contributed by atoms with Crippen LogP contribution in [-0.2, 0) is 10.0 Å². The number of sulfonamides is 1. The molecule has 3 N–H and O–H groups in total. The molecule has 0 aliphatic rings. The van der Waals surface area contributed by atoms with Crippen molar-refractivity contribution >= 4 is 15.7 Å². The lowest BCUT2D eigenvalue weighted by atomic mass is 10.3. The molecule has 0 aliphatic carbocycles. The minimum atomic E-state index is -3.62. The molecule has 16 heavy (non-hydrogen) atoms. The molecule has 0 saturated heterocycles. The van der Waals surface area contributed by atoms with E-state index in [9.17, 15) is 12.8 Å². The van der Waals surface area contributed by atoms with E-state index < -0.39 is 15.8 Å². The number of anilines is 1. The highest BCUT2D eigenvalue weighted by Crippen LogP contribution is 2.18. The number of nitrogen functional groups attached to an aromatic ring is 1. The van der Waals surface area contributed by atoms with Crippen LogP contribution in [0.2, 0.25) is 0 Å². The monoisotopic (exact) mass is 246 g/mol. The molecule has 0 bridgehead atoms. The summed E-state index contributed by atoms with van der Waals surface area (Å²) in [5, 5.41) is 0. The molecule has 0 spiro atoms. The molecular formula is C10H15FN2O2S. The summed E-state index contributed by atoms with van der Waals surface area (Å²) < 4.78 is 38.6. The maximum Gasteiger partial charge on any atom is 0.242 e. The van der Waals surface area contributed by atoms with E-state index in [4.69, 9.17) is 5.73 Å². The van der Waals surface area contributed by atoms with E-state index in [1.54, 1.807) is 0 Å². The molecule has 1 aromatic carbocycles. The summed E-state index contributed by atoms with van der Waals surface area (Å²) in [6, 6.07) is 3.23. The highest BCUT2D eigenvalue weighted by atomic mass is 32.2. The summed E-state index contributed by atoms with van der Waals surface area (Å²) in [5.41, 5.74) is 5.37. The summed E-state index contributed by atoms with van der Waals surface area (Å²) in [6.07, 6.45) is 1.64. The molecule has 0 unspecified atom stereocenters. The Morgan fingerprint density at radius 3 is 2.69 bits per heavy atom. The van der Waals surface area contributed by atoms with Crippen molar-refractivity contribution in [3.8, 4) is 0 Å². The Morgan fingerprint density at radius 2 is 2.12 bits per heavy atom. The summed E-state index contributed by atoms with van der Waals surface area (Å²) in [4.78, 5) is -0.0787. The number of benzene rings is 1. The van der Waals surface area contributed by atoms with Crippen LogP contribution in [0.25, 0.3) is 0 Å². The van der Waals surface area contributed by atoms with Crippen molar-refractivity contribution in [3.05, 3.63) is 24.0 Å². The molecule has 1 rings (SSSR count). The predicted molar refractivity (Wildman–Crippen MR) is 60.9 cm³/mol. The van der Waals surface area contributed by atoms with Crippen LogP contribution in [0, 0.1) is 5.82 Å². The number of hydrogen-bond acceptors (Lipinski definition) is 3. The van der Waals surface area contributed by atoms with Gasteiger partial charge in [-0.25, -0.2) is 17.5 Å². The third-order valence-electron chi connectivity index (χ3n) is 2.08. The first-order chi connectivity index (χ1) is 7.47. The molecule has 6 heteroatoms. The SMILES string of the molecule is CCCCNS(=O)(=O)c1ccc(F)cc1N. The normalized spacial score (nSPS) is 11.6. The van der Waals surface area contributed by atoms with Gasteiger partial charge in [-0.05, 0) is 24.6 Å². The van der Waals surface area contributed by atoms with Crippen LogP contribution < -0.4 is 10.5 Å². The second-order valence-corrected chi connectivity index (χ2v) is 5.17. The second-order valence-electron chi connectivity index (χ2n) is 3.43. The summed E-state index contributed by atoms with van der Waals surface area (Å²) in [7, 11) is -3.62. The molecule has 0 saturated carbocycles. The molecule has 0 radical (unpaired) electrons. The predicted octanol–water partition coefficient (Wildman–Crippen LogP) is 1.49. The van der Waals surface area contributed by atoms with Crippen molar-refractivity contribution in [3.63, 3.8) is 0 Å². The summed E-state index contributed by atoms with van der Waals surface area (Å²) in [6.45, 7) is 2.32. The van der Waals surface area contributed by atoms with Gasteiger partial charge in [-0.3, -0.25) is 0 Å². The third kappa shape index (κ3) is 3.18. The van der Waals surface area contributed by atoms with Gasteiger partial charge in [0.05, 0.1) is 5.69 Å². The lowest BCUT2D eigenvalue weighted by Crippen LogP contribution is -2.25. The quantitative estimate of drug-likeness (QED) is 0.610. The Hall–Kier alpha value is -1.14. The maximum atomic E-state index is 12.7. The van der Waals surface area contributed by atoms with Crippen LogP contribution in [0.15, 0.2) is 23.1 Å². The van der Waals surface area contributed by atoms with Gasteiger partial charge in [-0.1, -0.05) is 13.3 Å². The Kier molecular flexibility index (Phi) is 4.26. The van der Waals surface area contributed by atoms with Crippen molar-refractivity contribution in [2.75, 3.05) is 12.3 Å². The van der Waals surface area contributed by atoms with E-state index >= 15 is 0 Å². The van der Waals surface area contributed by atoms with Crippen LogP contribution in [-0.4, -0.2) is 15.0 Å². The first kappa shape index (κ1) is 12.9. The topological polar surface area (TPSA) is 72.2 Å². The first-order valence-electron chi connectivity index (χ1n) is 5.02. The zero-order valence-corrected chi connectivity index (χ0v) is 9.85. The molecule has 0 amide bonds. The first-order valence-corrected chi connectivity index (χ1v) is 6.50. The molecule has 0 atom stereocenters. The largest absolute Gasteiger partial charge is 0.398 e. The van der Waals surface area contributed by atoms with E-state index in [-0.39, 0.29) is 10.6 Å². The number of unbranched alkanes of at least 4 members (excludes halogenated alkanes) is 1. The van der Waals surface area contributed by atoms with Crippen LogP contribution in [0.3, 0.4) is 0 Å². The standard InChI is InChI=1S/C10H15FN2O2S/c1-2-3-6-13-16(14,15)10-5-4-8(11)7-9(10)12/h4-5,7,13H,2-3,6,12H2,1H3. The van der Waals surface area contributed by atoms with Gasteiger partial charge >= 0.3 is 0 Å². The molecule has 1 aromatic rings. The van der Waals surface area contributed by atoms with E-state index in [0.717, 1.165) is 25.0 Å². The highest BCUT2D eigenvalue weighted by molar-refractivity contribution is 7.89. The third-order valence-corrected chi connectivity index (χ3v) is 3.62. The fourth-order valence-corrected chi connectivity index (χ4v) is 2.41. The van der Waals surface area contributed by atoms with Gasteiger partial charge < -0.3 is 5.73 Å². The van der Waals surface area contributed by atoms with Crippen molar-refractivity contribution in [1.82, 2.24) is 4.72 Å². The Balaban J connectivity index is 2.90. The van der Waals surface area contributed by atoms with Crippen LogP contribution in [0.4, 0.5) is 10.1 Å². The molecule has 0 heterocycles. The van der Waals surface area contributed by atoms with Gasteiger partial charge in [0.25, 0.3) is 0 Å². The lowest BCUT2D eigenvalue weighted by molar-refractivity contribution is 0.578. The van der Waals surface area contributed by atoms with E-state index in [1.165, 1.54) is 6.07 Å². The van der Waals surface area contributed by atoms with Gasteiger partial charge in [0.2, 0.25) is 10.0 Å². The lowest BCUT2D eigenvalue weighted by Gasteiger charge is -2.08. The van der Waals surface area contributed by atoms with E-state index in [0.29, 0.717) is 6.54 Å². The number of halogens is 1. The molecule has 0 fully saturated rings. The highest BCUT2D eigenvalue weighted by Gasteiger charge is 2.16. The van der Waals surface area contributed by atoms with E-state index in [2.05, 4.69) is 4.72 Å². The fourth-order valence-electron chi connectivity index (χ4n) is 1.23. The maximum absolute atomic E-state index is 12.7. The second kappa shape index (κ2) is 5.27. The van der Waals surface area contributed by atoms with Gasteiger partial charge in [0.1, 0.15) is 10.7 Å². The van der Waals surface area contributed by atoms with Gasteiger partial charge in [-0.2, -0.15) is 0 Å². The average molecular weight is 246 g/mol. The van der Waals surface area contributed by atoms with Crippen LogP contribution in [0.1, 0.15) is 19.8 Å². The molecule has 4 nitrogen and oxygen atoms in total. The van der Waals surface area contributed by atoms with Crippen LogP contribution in [0.5, 0.6) is 0 Å². The Bertz CT molecular complexity index is 460. The zero-order chi connectivity index (χ0) is 12.2. The molecule has 90 valence electrons. The van der Waals surface area contributed by atoms with Crippen molar-refractivity contribution < 1.29 is 12.8 Å². The zero-order valence-electron chi connectivity index (χ0n) is 9.03. The number of hydrogen-bond donors (Lipinski definition) is 2. The number of rotatable bonds is 5. The van der Waals surface area contributed by atoms with Gasteiger partial charge in [0, 0.05) is 6.54 Å². The minimum absolute atomic E-state index is 0.0787. The molecular weight excluding hydrogens is 231 g/mol. The Labute approximate surface area is 94.7 Å². The van der Waals surface area contributed by atoms with E-state index in [1.807, 2.05) is 6.92 Å². The van der Waals surface area contributed by atoms with Crippen molar-refractivity contribution in [1.29, 1.82) is 0 Å². The summed E-state index contributed by atoms with van der Waals surface area (Å²) in [5.74, 6) is -0.551. The minimum Gasteiger partial charge on any atom is -0.398 e. The van der Waals surface area contributed by atoms with Gasteiger partial charge in [-0.15, -0.1) is 0 Å². The Morgan fingerprint density at radius 1 is 1.44 bits per heavy atom.